The highest BCUT2D eigenvalue weighted by atomic mass is 16.5. The molecular formula is C6H11NO3. The van der Waals surface area contributed by atoms with Crippen molar-refractivity contribution >= 4 is 5.91 Å². The van der Waals surface area contributed by atoms with E-state index in [4.69, 9.17) is 10.3 Å². The lowest BCUT2D eigenvalue weighted by Gasteiger charge is -2.12. The van der Waals surface area contributed by atoms with E-state index in [1.54, 1.807) is 0 Å². The quantitative estimate of drug-likeness (QED) is 0.462. The molecule has 1 aliphatic heterocycles. The summed E-state index contributed by atoms with van der Waals surface area (Å²) in [7, 11) is 0. The van der Waals surface area contributed by atoms with E-state index >= 15 is 0 Å². The normalized spacial score (nSPS) is 28.4. The van der Waals surface area contributed by atoms with Gasteiger partial charge in [-0.2, -0.15) is 0 Å². The van der Waals surface area contributed by atoms with E-state index in [9.17, 15) is 4.79 Å². The summed E-state index contributed by atoms with van der Waals surface area (Å²) in [6.45, 7) is 0.343. The molecule has 0 aromatic heterocycles. The molecule has 4 heteroatoms. The Hall–Kier alpha value is -0.610. The summed E-state index contributed by atoms with van der Waals surface area (Å²) in [4.78, 5) is 10.8. The van der Waals surface area contributed by atoms with Gasteiger partial charge in [0.05, 0.1) is 0 Å². The molecule has 0 aliphatic carbocycles. The van der Waals surface area contributed by atoms with Gasteiger partial charge in [-0.05, 0) is 19.3 Å². The van der Waals surface area contributed by atoms with Crippen LogP contribution in [0.4, 0.5) is 0 Å². The standard InChI is InChI=1S/C6H11NO3/c8-5-3-1-2-4-7(10)6(5)9/h5,8,10H,1-4H2. The molecule has 0 aromatic carbocycles. The number of hydrogen-bond donors (Lipinski definition) is 2. The van der Waals surface area contributed by atoms with E-state index < -0.39 is 12.0 Å². The zero-order valence-electron chi connectivity index (χ0n) is 5.66. The van der Waals surface area contributed by atoms with Crippen LogP contribution in [0.25, 0.3) is 0 Å². The topological polar surface area (TPSA) is 60.8 Å². The van der Waals surface area contributed by atoms with Crippen LogP contribution < -0.4 is 0 Å². The zero-order valence-corrected chi connectivity index (χ0v) is 5.66. The molecule has 1 rings (SSSR count). The van der Waals surface area contributed by atoms with Gasteiger partial charge in [0, 0.05) is 6.54 Å². The van der Waals surface area contributed by atoms with Crippen molar-refractivity contribution in [2.75, 3.05) is 6.54 Å². The zero-order chi connectivity index (χ0) is 7.56. The predicted molar refractivity (Wildman–Crippen MR) is 33.4 cm³/mol. The highest BCUT2D eigenvalue weighted by molar-refractivity contribution is 5.79. The molecule has 1 aliphatic rings. The van der Waals surface area contributed by atoms with Gasteiger partial charge in [-0.25, -0.2) is 5.06 Å². The fraction of sp³-hybridized carbons (Fsp3) is 0.833. The Bertz CT molecular complexity index is 123. The number of hydrogen-bond acceptors (Lipinski definition) is 3. The summed E-state index contributed by atoms with van der Waals surface area (Å²) in [6.07, 6.45) is 1.03. The first kappa shape index (κ1) is 7.50. The molecule has 4 nitrogen and oxygen atoms in total. The fourth-order valence-corrected chi connectivity index (χ4v) is 1.00. The molecule has 0 saturated carbocycles. The third-order valence-corrected chi connectivity index (χ3v) is 1.64. The molecule has 1 saturated heterocycles. The number of rotatable bonds is 0. The molecule has 0 spiro atoms. The Morgan fingerprint density at radius 3 is 2.90 bits per heavy atom. The van der Waals surface area contributed by atoms with E-state index in [1.807, 2.05) is 0 Å². The van der Waals surface area contributed by atoms with Crippen LogP contribution >= 0.6 is 0 Å². The lowest BCUT2D eigenvalue weighted by Crippen LogP contribution is -2.34. The summed E-state index contributed by atoms with van der Waals surface area (Å²) in [5, 5.41) is 18.4. The van der Waals surface area contributed by atoms with Gasteiger partial charge in [0.1, 0.15) is 6.10 Å². The second-order valence-corrected chi connectivity index (χ2v) is 2.47. The Kier molecular flexibility index (Phi) is 2.24. The van der Waals surface area contributed by atoms with Crippen LogP contribution in [0.2, 0.25) is 0 Å². The minimum atomic E-state index is -0.993. The summed E-state index contributed by atoms with van der Waals surface area (Å²) < 4.78 is 0. The van der Waals surface area contributed by atoms with Gasteiger partial charge in [0.15, 0.2) is 0 Å². The number of aliphatic hydroxyl groups excluding tert-OH is 1. The van der Waals surface area contributed by atoms with Crippen molar-refractivity contribution in [2.45, 2.75) is 25.4 Å². The van der Waals surface area contributed by atoms with Gasteiger partial charge in [-0.1, -0.05) is 0 Å². The Morgan fingerprint density at radius 2 is 2.20 bits per heavy atom. The van der Waals surface area contributed by atoms with Crippen LogP contribution in [-0.2, 0) is 4.79 Å². The van der Waals surface area contributed by atoms with E-state index in [0.717, 1.165) is 12.8 Å². The molecule has 1 amide bonds. The van der Waals surface area contributed by atoms with Gasteiger partial charge in [0.2, 0.25) is 0 Å². The molecule has 0 bridgehead atoms. The third-order valence-electron chi connectivity index (χ3n) is 1.64. The molecule has 10 heavy (non-hydrogen) atoms. The largest absolute Gasteiger partial charge is 0.383 e. The van der Waals surface area contributed by atoms with Crippen molar-refractivity contribution in [2.24, 2.45) is 0 Å². The molecule has 0 aromatic rings. The maximum atomic E-state index is 10.8. The van der Waals surface area contributed by atoms with Crippen LogP contribution in [0, 0.1) is 0 Å². The van der Waals surface area contributed by atoms with Crippen molar-refractivity contribution in [1.29, 1.82) is 0 Å². The summed E-state index contributed by atoms with van der Waals surface area (Å²) in [5.74, 6) is -0.572. The summed E-state index contributed by atoms with van der Waals surface area (Å²) >= 11 is 0. The minimum Gasteiger partial charge on any atom is -0.383 e. The van der Waals surface area contributed by atoms with Crippen molar-refractivity contribution in [3.05, 3.63) is 0 Å². The summed E-state index contributed by atoms with van der Waals surface area (Å²) in [6, 6.07) is 0. The van der Waals surface area contributed by atoms with Crippen LogP contribution in [0.3, 0.4) is 0 Å². The number of aliphatic hydroxyl groups is 1. The molecular weight excluding hydrogens is 134 g/mol. The highest BCUT2D eigenvalue weighted by Crippen LogP contribution is 2.09. The van der Waals surface area contributed by atoms with Crippen LogP contribution in [0.15, 0.2) is 0 Å². The van der Waals surface area contributed by atoms with Crippen LogP contribution in [0.1, 0.15) is 19.3 Å². The van der Waals surface area contributed by atoms with Crippen molar-refractivity contribution in [3.8, 4) is 0 Å². The maximum Gasteiger partial charge on any atom is 0.274 e. The van der Waals surface area contributed by atoms with E-state index in [0.29, 0.717) is 18.0 Å². The molecule has 1 atom stereocenters. The van der Waals surface area contributed by atoms with Crippen molar-refractivity contribution in [3.63, 3.8) is 0 Å². The Labute approximate surface area is 59.0 Å². The minimum absolute atomic E-state index is 0.343. The van der Waals surface area contributed by atoms with Gasteiger partial charge in [-0.15, -0.1) is 0 Å². The van der Waals surface area contributed by atoms with Gasteiger partial charge in [0.25, 0.3) is 5.91 Å². The number of carbonyl (C=O) groups is 1. The molecule has 1 heterocycles. The van der Waals surface area contributed by atoms with Crippen molar-refractivity contribution < 1.29 is 15.1 Å². The van der Waals surface area contributed by atoms with Crippen molar-refractivity contribution in [1.82, 2.24) is 5.06 Å². The number of carbonyl (C=O) groups excluding carboxylic acids is 1. The lowest BCUT2D eigenvalue weighted by molar-refractivity contribution is -0.172. The first-order valence-electron chi connectivity index (χ1n) is 3.40. The molecule has 0 radical (unpaired) electrons. The average molecular weight is 145 g/mol. The van der Waals surface area contributed by atoms with E-state index in [1.165, 1.54) is 0 Å². The monoisotopic (exact) mass is 145 g/mol. The van der Waals surface area contributed by atoms with Gasteiger partial charge >= 0.3 is 0 Å². The molecule has 1 fully saturated rings. The van der Waals surface area contributed by atoms with Gasteiger partial charge in [-0.3, -0.25) is 10.0 Å². The molecule has 1 unspecified atom stereocenters. The predicted octanol–water partition coefficient (Wildman–Crippen LogP) is -0.251. The Morgan fingerprint density at radius 1 is 1.50 bits per heavy atom. The second-order valence-electron chi connectivity index (χ2n) is 2.47. The average Bonchev–Trinajstić information content (AvgIpc) is 2.04. The first-order chi connectivity index (χ1) is 4.72. The van der Waals surface area contributed by atoms with Crippen LogP contribution in [-0.4, -0.2) is 33.9 Å². The van der Waals surface area contributed by atoms with E-state index in [2.05, 4.69) is 0 Å². The van der Waals surface area contributed by atoms with Gasteiger partial charge < -0.3 is 5.11 Å². The molecule has 58 valence electrons. The second kappa shape index (κ2) is 2.98. The Balaban J connectivity index is 2.55. The third kappa shape index (κ3) is 1.46. The number of hydroxylamine groups is 2. The first-order valence-corrected chi connectivity index (χ1v) is 3.40. The fourth-order valence-electron chi connectivity index (χ4n) is 1.00. The highest BCUT2D eigenvalue weighted by Gasteiger charge is 2.23. The summed E-state index contributed by atoms with van der Waals surface area (Å²) in [5.41, 5.74) is 0. The van der Waals surface area contributed by atoms with Crippen LogP contribution in [0.5, 0.6) is 0 Å². The number of amides is 1. The SMILES string of the molecule is O=C1C(O)CCCCN1O. The number of nitrogens with zero attached hydrogens (tertiary/aromatic N) is 1. The lowest BCUT2D eigenvalue weighted by atomic mass is 10.2. The maximum absolute atomic E-state index is 10.8. The molecule has 2 N–H and O–H groups in total. The van der Waals surface area contributed by atoms with E-state index in [-0.39, 0.29) is 0 Å². The smallest absolute Gasteiger partial charge is 0.274 e.